The fourth-order valence-electron chi connectivity index (χ4n) is 4.48. The molecule has 0 radical (unpaired) electrons. The lowest BCUT2D eigenvalue weighted by molar-refractivity contribution is -0.136. The number of methoxy groups -OCH3 is 2. The van der Waals surface area contributed by atoms with Crippen LogP contribution in [-0.4, -0.2) is 49.3 Å². The summed E-state index contributed by atoms with van der Waals surface area (Å²) in [6, 6.07) is 4.51. The molecule has 1 aromatic heterocycles. The minimum Gasteiger partial charge on any atom is -0.498 e. The smallest absolute Gasteiger partial charge is 0.336 e. The van der Waals surface area contributed by atoms with Crippen molar-refractivity contribution < 1.29 is 19.0 Å². The van der Waals surface area contributed by atoms with E-state index in [2.05, 4.69) is 31.3 Å². The number of rotatable bonds is 2. The number of benzene rings is 1. The second-order valence-electron chi connectivity index (χ2n) is 7.87. The summed E-state index contributed by atoms with van der Waals surface area (Å²) in [5.41, 5.74) is 4.37. The molecule has 3 heterocycles. The van der Waals surface area contributed by atoms with E-state index in [1.807, 2.05) is 6.92 Å². The number of carbonyl (C=O) groups is 1. The number of ether oxygens (including phenoxy) is 3. The number of hydrogen-bond acceptors (Lipinski definition) is 5. The average molecular weight is 416 g/mol. The predicted octanol–water partition coefficient (Wildman–Crippen LogP) is 3.22. The third-order valence-electron chi connectivity index (χ3n) is 6.11. The summed E-state index contributed by atoms with van der Waals surface area (Å²) in [7, 11) is 5.88. The molecule has 2 aliphatic heterocycles. The molecule has 1 N–H and O–H groups in total. The monoisotopic (exact) mass is 416 g/mol. The third kappa shape index (κ3) is 3.88. The van der Waals surface area contributed by atoms with E-state index in [0.29, 0.717) is 12.0 Å². The Morgan fingerprint density at radius 1 is 1.24 bits per heavy atom. The van der Waals surface area contributed by atoms with Gasteiger partial charge in [-0.25, -0.2) is 4.79 Å². The summed E-state index contributed by atoms with van der Waals surface area (Å²) in [5.74, 6) is 0.578. The number of esters is 1. The number of H-pyrrole nitrogens is 1. The van der Waals surface area contributed by atoms with Gasteiger partial charge in [0, 0.05) is 35.0 Å². The van der Waals surface area contributed by atoms with Crippen LogP contribution >= 0.6 is 9.24 Å². The van der Waals surface area contributed by atoms with Crippen LogP contribution in [0.1, 0.15) is 43.5 Å². The van der Waals surface area contributed by atoms with Crippen LogP contribution in [0.3, 0.4) is 0 Å². The zero-order chi connectivity index (χ0) is 20.5. The quantitative estimate of drug-likeness (QED) is 0.602. The lowest BCUT2D eigenvalue weighted by atomic mass is 9.92. The summed E-state index contributed by atoms with van der Waals surface area (Å²) in [4.78, 5) is 18.4. The van der Waals surface area contributed by atoms with Crippen LogP contribution in [0.5, 0.6) is 5.75 Å². The van der Waals surface area contributed by atoms with Crippen LogP contribution in [-0.2, 0) is 20.7 Å². The Hall–Kier alpha value is -2.04. The summed E-state index contributed by atoms with van der Waals surface area (Å²) < 4.78 is 16.3. The Bertz CT molecular complexity index is 952. The van der Waals surface area contributed by atoms with Crippen molar-refractivity contribution in [2.24, 2.45) is 0 Å². The molecule has 6 nitrogen and oxygen atoms in total. The maximum absolute atomic E-state index is 12.2. The van der Waals surface area contributed by atoms with E-state index in [-0.39, 0.29) is 18.1 Å². The number of fused-ring (bicyclic) bond motifs is 5. The van der Waals surface area contributed by atoms with E-state index in [1.165, 1.54) is 23.8 Å². The largest absolute Gasteiger partial charge is 0.498 e. The lowest BCUT2D eigenvalue weighted by Gasteiger charge is -2.37. The molecule has 0 bridgehead atoms. The van der Waals surface area contributed by atoms with E-state index in [4.69, 9.17) is 14.2 Å². The van der Waals surface area contributed by atoms with E-state index in [0.717, 1.165) is 48.9 Å². The molecule has 29 heavy (non-hydrogen) atoms. The van der Waals surface area contributed by atoms with Crippen LogP contribution < -0.4 is 10.0 Å². The SMILES string of the molecule is COC(=O)C1=COC(C)CCN2CCc3c([nH]c4cc(P)c(OC)cc34)C2CC1. The van der Waals surface area contributed by atoms with Crippen molar-refractivity contribution in [1.29, 1.82) is 0 Å². The second kappa shape index (κ2) is 8.37. The van der Waals surface area contributed by atoms with Gasteiger partial charge >= 0.3 is 5.97 Å². The minimum atomic E-state index is -0.311. The highest BCUT2D eigenvalue weighted by molar-refractivity contribution is 7.27. The molecular formula is C22H29N2O4P. The first-order valence-electron chi connectivity index (χ1n) is 10.2. The lowest BCUT2D eigenvalue weighted by Crippen LogP contribution is -2.37. The van der Waals surface area contributed by atoms with Gasteiger partial charge in [0.1, 0.15) is 5.75 Å². The normalized spacial score (nSPS) is 22.8. The summed E-state index contributed by atoms with van der Waals surface area (Å²) in [6.45, 7) is 4.02. The van der Waals surface area contributed by atoms with Crippen LogP contribution in [0.15, 0.2) is 24.0 Å². The van der Waals surface area contributed by atoms with Crippen molar-refractivity contribution in [3.63, 3.8) is 0 Å². The van der Waals surface area contributed by atoms with Crippen molar-refractivity contribution in [3.05, 3.63) is 35.2 Å². The maximum Gasteiger partial charge on any atom is 0.336 e. The van der Waals surface area contributed by atoms with Crippen molar-refractivity contribution in [2.45, 2.75) is 44.8 Å². The molecule has 2 aromatic rings. The van der Waals surface area contributed by atoms with Gasteiger partial charge in [0.2, 0.25) is 0 Å². The van der Waals surface area contributed by atoms with Gasteiger partial charge in [-0.15, -0.1) is 9.24 Å². The number of aromatic nitrogens is 1. The molecule has 0 aliphatic carbocycles. The highest BCUT2D eigenvalue weighted by Gasteiger charge is 2.32. The Balaban J connectivity index is 1.73. The van der Waals surface area contributed by atoms with Gasteiger partial charge in [0.05, 0.1) is 38.2 Å². The van der Waals surface area contributed by atoms with Crippen molar-refractivity contribution in [3.8, 4) is 5.75 Å². The zero-order valence-electron chi connectivity index (χ0n) is 17.3. The molecule has 3 atom stereocenters. The van der Waals surface area contributed by atoms with Crippen molar-refractivity contribution in [1.82, 2.24) is 9.88 Å². The van der Waals surface area contributed by atoms with Crippen LogP contribution in [0.2, 0.25) is 0 Å². The molecule has 0 spiro atoms. The fraction of sp³-hybridized carbons (Fsp3) is 0.500. The Kier molecular flexibility index (Phi) is 5.84. The summed E-state index contributed by atoms with van der Waals surface area (Å²) >= 11 is 0. The first kappa shape index (κ1) is 20.2. The number of aromatic amines is 1. The van der Waals surface area contributed by atoms with Gasteiger partial charge in [-0.05, 0) is 50.3 Å². The van der Waals surface area contributed by atoms with Gasteiger partial charge in [0.25, 0.3) is 0 Å². The predicted molar refractivity (Wildman–Crippen MR) is 117 cm³/mol. The summed E-state index contributed by atoms with van der Waals surface area (Å²) in [6.07, 6.45) is 5.03. The second-order valence-corrected chi connectivity index (χ2v) is 8.49. The highest BCUT2D eigenvalue weighted by atomic mass is 31.0. The number of nitrogens with zero attached hydrogens (tertiary/aromatic N) is 1. The maximum atomic E-state index is 12.2. The van der Waals surface area contributed by atoms with Gasteiger partial charge in [-0.1, -0.05) is 0 Å². The van der Waals surface area contributed by atoms with Gasteiger partial charge < -0.3 is 19.2 Å². The first-order chi connectivity index (χ1) is 14.0. The zero-order valence-corrected chi connectivity index (χ0v) is 18.4. The van der Waals surface area contributed by atoms with Crippen LogP contribution in [0.25, 0.3) is 10.9 Å². The fourth-order valence-corrected chi connectivity index (χ4v) is 4.85. The first-order valence-corrected chi connectivity index (χ1v) is 10.7. The van der Waals surface area contributed by atoms with Gasteiger partial charge in [0.15, 0.2) is 0 Å². The van der Waals surface area contributed by atoms with Gasteiger partial charge in [-0.3, -0.25) is 4.90 Å². The molecule has 7 heteroatoms. The molecule has 0 fully saturated rings. The average Bonchev–Trinajstić information content (AvgIpc) is 3.08. The number of nitrogens with one attached hydrogen (secondary N) is 1. The molecule has 2 aliphatic rings. The van der Waals surface area contributed by atoms with E-state index in [9.17, 15) is 4.79 Å². The molecule has 4 rings (SSSR count). The molecule has 0 saturated carbocycles. The number of carbonyl (C=O) groups excluding carboxylic acids is 1. The summed E-state index contributed by atoms with van der Waals surface area (Å²) in [5, 5.41) is 2.28. The van der Waals surface area contributed by atoms with Crippen molar-refractivity contribution >= 4 is 31.4 Å². The standard InChI is InChI=1S/C22H29N2O4P/c1-13-6-8-24-9-7-15-16-10-19(26-2)20(29)11-17(16)23-21(15)18(24)5-4-14(12-28-13)22(25)27-3/h10-13,18,23H,4-9,29H2,1-3H3. The van der Waals surface area contributed by atoms with Crippen LogP contribution in [0, 0.1) is 0 Å². The van der Waals surface area contributed by atoms with E-state index >= 15 is 0 Å². The Morgan fingerprint density at radius 2 is 2.07 bits per heavy atom. The molecule has 3 unspecified atom stereocenters. The molecule has 156 valence electrons. The third-order valence-corrected chi connectivity index (χ3v) is 6.56. The Morgan fingerprint density at radius 3 is 2.83 bits per heavy atom. The van der Waals surface area contributed by atoms with Crippen molar-refractivity contribution in [2.75, 3.05) is 27.3 Å². The van der Waals surface area contributed by atoms with E-state index in [1.54, 1.807) is 13.4 Å². The highest BCUT2D eigenvalue weighted by Crippen LogP contribution is 2.39. The minimum absolute atomic E-state index is 0.0569. The Labute approximate surface area is 173 Å². The molecule has 0 saturated heterocycles. The van der Waals surface area contributed by atoms with Gasteiger partial charge in [-0.2, -0.15) is 0 Å². The number of hydrogen-bond donors (Lipinski definition) is 1. The topological polar surface area (TPSA) is 63.8 Å². The molecule has 1 aromatic carbocycles. The van der Waals surface area contributed by atoms with Crippen LogP contribution in [0.4, 0.5) is 0 Å². The molecular weight excluding hydrogens is 387 g/mol. The molecule has 0 amide bonds. The van der Waals surface area contributed by atoms with E-state index < -0.39 is 0 Å².